The normalized spacial score (nSPS) is 11.1. The summed E-state index contributed by atoms with van der Waals surface area (Å²) in [6.45, 7) is 5.62. The number of amides is 1. The van der Waals surface area contributed by atoms with Gasteiger partial charge in [-0.05, 0) is 26.3 Å². The Labute approximate surface area is 168 Å². The molecule has 0 aliphatic heterocycles. The van der Waals surface area contributed by atoms with E-state index >= 15 is 0 Å². The highest BCUT2D eigenvalue weighted by Crippen LogP contribution is 2.23. The number of carbonyl (C=O) groups is 3. The van der Waals surface area contributed by atoms with E-state index in [0.717, 1.165) is 5.56 Å². The minimum Gasteiger partial charge on any atom is -0.481 e. The predicted octanol–water partition coefficient (Wildman–Crippen LogP) is 3.60. The zero-order valence-corrected chi connectivity index (χ0v) is 17.6. The molecule has 1 aromatic rings. The van der Waals surface area contributed by atoms with Crippen LogP contribution < -0.4 is 0 Å². The van der Waals surface area contributed by atoms with E-state index in [2.05, 4.69) is 0 Å². The Bertz CT molecular complexity index is 616. The highest BCUT2D eigenvalue weighted by molar-refractivity contribution is 8.76. The monoisotopic (exact) mass is 413 g/mol. The van der Waals surface area contributed by atoms with Crippen molar-refractivity contribution in [2.45, 2.75) is 45.8 Å². The molecule has 0 heterocycles. The van der Waals surface area contributed by atoms with E-state index in [9.17, 15) is 14.4 Å². The Morgan fingerprint density at radius 1 is 1.04 bits per heavy atom. The highest BCUT2D eigenvalue weighted by Gasteiger charge is 2.22. The minimum absolute atomic E-state index is 0.0954. The highest BCUT2D eigenvalue weighted by atomic mass is 33.1. The molecule has 0 saturated carbocycles. The van der Waals surface area contributed by atoms with Gasteiger partial charge in [-0.1, -0.05) is 51.9 Å². The molecule has 1 N–H and O–H groups in total. The third-order valence-electron chi connectivity index (χ3n) is 3.19. The first-order valence-electron chi connectivity index (χ1n) is 8.67. The number of rotatable bonds is 11. The Morgan fingerprint density at radius 2 is 1.63 bits per heavy atom. The van der Waals surface area contributed by atoms with Crippen LogP contribution in [0.4, 0.5) is 0 Å². The van der Waals surface area contributed by atoms with Crippen molar-refractivity contribution in [2.75, 3.05) is 18.1 Å². The van der Waals surface area contributed by atoms with Crippen LogP contribution in [0.5, 0.6) is 0 Å². The Morgan fingerprint density at radius 3 is 2.19 bits per heavy atom. The standard InChI is InChI=1S/C19H27NO5S2/c1-19(2,3)25-18(24)14-20(13-15-7-5-4-6-8-15)16(21)9-11-26-27-12-10-17(22)23/h4-8H,9-14H2,1-3H3,(H,22,23). The first kappa shape index (κ1) is 23.4. The van der Waals surface area contributed by atoms with Crippen LogP contribution in [-0.4, -0.2) is 51.5 Å². The maximum absolute atomic E-state index is 12.6. The lowest BCUT2D eigenvalue weighted by atomic mass is 10.2. The number of carboxylic acids is 1. The number of carbonyl (C=O) groups excluding carboxylic acids is 2. The summed E-state index contributed by atoms with van der Waals surface area (Å²) in [5.74, 6) is -0.334. The number of carboxylic acid groups (broad SMARTS) is 1. The molecule has 0 saturated heterocycles. The Hall–Kier alpha value is -1.67. The fourth-order valence-corrected chi connectivity index (χ4v) is 4.06. The fourth-order valence-electron chi connectivity index (χ4n) is 2.10. The maximum atomic E-state index is 12.6. The zero-order valence-electron chi connectivity index (χ0n) is 16.0. The summed E-state index contributed by atoms with van der Waals surface area (Å²) in [4.78, 5) is 36.7. The second-order valence-electron chi connectivity index (χ2n) is 6.86. The van der Waals surface area contributed by atoms with E-state index in [4.69, 9.17) is 9.84 Å². The van der Waals surface area contributed by atoms with Crippen molar-refractivity contribution in [3.05, 3.63) is 35.9 Å². The molecule has 27 heavy (non-hydrogen) atoms. The molecule has 0 radical (unpaired) electrons. The summed E-state index contributed by atoms with van der Waals surface area (Å²) < 4.78 is 5.34. The van der Waals surface area contributed by atoms with Gasteiger partial charge < -0.3 is 14.7 Å². The van der Waals surface area contributed by atoms with E-state index in [0.29, 0.717) is 18.1 Å². The SMILES string of the molecule is CC(C)(C)OC(=O)CN(Cc1ccccc1)C(=O)CCSSCCC(=O)O. The van der Waals surface area contributed by atoms with Crippen LogP contribution in [-0.2, 0) is 25.7 Å². The van der Waals surface area contributed by atoms with Crippen molar-refractivity contribution in [3.8, 4) is 0 Å². The van der Waals surface area contributed by atoms with Crippen molar-refractivity contribution in [1.82, 2.24) is 4.90 Å². The summed E-state index contributed by atoms with van der Waals surface area (Å²) in [5, 5.41) is 8.61. The maximum Gasteiger partial charge on any atom is 0.326 e. The summed E-state index contributed by atoms with van der Waals surface area (Å²) in [5.41, 5.74) is 0.340. The van der Waals surface area contributed by atoms with Gasteiger partial charge in [0.15, 0.2) is 0 Å². The molecule has 6 nitrogen and oxygen atoms in total. The van der Waals surface area contributed by atoms with Crippen molar-refractivity contribution >= 4 is 39.4 Å². The molecule has 0 atom stereocenters. The van der Waals surface area contributed by atoms with Gasteiger partial charge in [0.1, 0.15) is 12.1 Å². The van der Waals surface area contributed by atoms with E-state index in [-0.39, 0.29) is 25.3 Å². The Balaban J connectivity index is 2.57. The molecular weight excluding hydrogens is 386 g/mol. The van der Waals surface area contributed by atoms with Crippen LogP contribution in [0.1, 0.15) is 39.2 Å². The third kappa shape index (κ3) is 11.6. The van der Waals surface area contributed by atoms with Gasteiger partial charge in [0.2, 0.25) is 5.91 Å². The molecule has 0 aliphatic carbocycles. The molecule has 0 aliphatic rings. The van der Waals surface area contributed by atoms with Gasteiger partial charge in [-0.15, -0.1) is 0 Å². The van der Waals surface area contributed by atoms with Gasteiger partial charge in [-0.3, -0.25) is 14.4 Å². The number of esters is 1. The molecule has 8 heteroatoms. The lowest BCUT2D eigenvalue weighted by Gasteiger charge is -2.25. The number of aliphatic carboxylic acids is 1. The van der Waals surface area contributed by atoms with E-state index < -0.39 is 17.5 Å². The average Bonchev–Trinajstić information content (AvgIpc) is 2.56. The molecule has 0 spiro atoms. The molecule has 0 unspecified atom stereocenters. The second-order valence-corrected chi connectivity index (χ2v) is 9.56. The number of hydrogen-bond donors (Lipinski definition) is 1. The molecule has 1 amide bonds. The zero-order chi connectivity index (χ0) is 20.3. The van der Waals surface area contributed by atoms with Crippen LogP contribution in [0.3, 0.4) is 0 Å². The van der Waals surface area contributed by atoms with Crippen molar-refractivity contribution in [2.24, 2.45) is 0 Å². The minimum atomic E-state index is -0.828. The number of ether oxygens (including phenoxy) is 1. The number of benzene rings is 1. The lowest BCUT2D eigenvalue weighted by Crippen LogP contribution is -2.38. The van der Waals surface area contributed by atoms with Gasteiger partial charge in [0, 0.05) is 24.5 Å². The van der Waals surface area contributed by atoms with Crippen molar-refractivity contribution in [1.29, 1.82) is 0 Å². The molecule has 1 rings (SSSR count). The predicted molar refractivity (Wildman–Crippen MR) is 109 cm³/mol. The van der Waals surface area contributed by atoms with Gasteiger partial charge in [0.05, 0.1) is 6.42 Å². The van der Waals surface area contributed by atoms with Crippen molar-refractivity contribution < 1.29 is 24.2 Å². The number of nitrogens with zero attached hydrogens (tertiary/aromatic N) is 1. The lowest BCUT2D eigenvalue weighted by molar-refractivity contribution is -0.159. The van der Waals surface area contributed by atoms with Crippen molar-refractivity contribution in [3.63, 3.8) is 0 Å². The van der Waals surface area contributed by atoms with Crippen LogP contribution in [0.15, 0.2) is 30.3 Å². The molecular formula is C19H27NO5S2. The smallest absolute Gasteiger partial charge is 0.326 e. The van der Waals surface area contributed by atoms with Crippen LogP contribution in [0, 0.1) is 0 Å². The van der Waals surface area contributed by atoms with E-state index in [1.807, 2.05) is 30.3 Å². The van der Waals surface area contributed by atoms with E-state index in [1.54, 1.807) is 20.8 Å². The van der Waals surface area contributed by atoms with Crippen LogP contribution in [0.2, 0.25) is 0 Å². The largest absolute Gasteiger partial charge is 0.481 e. The third-order valence-corrected chi connectivity index (χ3v) is 5.60. The topological polar surface area (TPSA) is 83.9 Å². The van der Waals surface area contributed by atoms with Crippen LogP contribution >= 0.6 is 21.6 Å². The average molecular weight is 414 g/mol. The first-order chi connectivity index (χ1) is 12.7. The summed E-state index contributed by atoms with van der Waals surface area (Å²) >= 11 is 0. The number of hydrogen-bond acceptors (Lipinski definition) is 6. The summed E-state index contributed by atoms with van der Waals surface area (Å²) in [6, 6.07) is 9.49. The molecule has 0 bridgehead atoms. The quantitative estimate of drug-likeness (QED) is 0.337. The molecule has 1 aromatic carbocycles. The fraction of sp³-hybridized carbons (Fsp3) is 0.526. The first-order valence-corrected chi connectivity index (χ1v) is 11.2. The molecule has 150 valence electrons. The van der Waals surface area contributed by atoms with Gasteiger partial charge in [-0.2, -0.15) is 0 Å². The summed E-state index contributed by atoms with van der Waals surface area (Å²) in [6.07, 6.45) is 0.380. The van der Waals surface area contributed by atoms with Gasteiger partial charge in [0.25, 0.3) is 0 Å². The molecule has 0 fully saturated rings. The Kier molecular flexibility index (Phi) is 10.3. The van der Waals surface area contributed by atoms with Gasteiger partial charge >= 0.3 is 11.9 Å². The van der Waals surface area contributed by atoms with E-state index in [1.165, 1.54) is 26.5 Å². The molecule has 0 aromatic heterocycles. The summed E-state index contributed by atoms with van der Waals surface area (Å²) in [7, 11) is 2.90. The second kappa shape index (κ2) is 11.9. The van der Waals surface area contributed by atoms with Gasteiger partial charge in [-0.25, -0.2) is 0 Å². The van der Waals surface area contributed by atoms with Crippen LogP contribution in [0.25, 0.3) is 0 Å².